The lowest BCUT2D eigenvalue weighted by Crippen LogP contribution is -2.30. The van der Waals surface area contributed by atoms with Gasteiger partial charge in [-0.25, -0.2) is 4.39 Å². The van der Waals surface area contributed by atoms with E-state index in [1.807, 2.05) is 30.3 Å². The summed E-state index contributed by atoms with van der Waals surface area (Å²) < 4.78 is 14.9. The summed E-state index contributed by atoms with van der Waals surface area (Å²) in [5.41, 5.74) is 1.94. The maximum atomic E-state index is 14.1. The van der Waals surface area contributed by atoms with Crippen LogP contribution in [0.2, 0.25) is 0 Å². The Labute approximate surface area is 136 Å². The Morgan fingerprint density at radius 3 is 2.35 bits per heavy atom. The second-order valence-corrected chi connectivity index (χ2v) is 6.52. The van der Waals surface area contributed by atoms with Crippen LogP contribution < -0.4 is 0 Å². The first-order chi connectivity index (χ1) is 9.61. The van der Waals surface area contributed by atoms with Gasteiger partial charge in [0, 0.05) is 15.2 Å². The van der Waals surface area contributed by atoms with Gasteiger partial charge in [0.1, 0.15) is 5.82 Å². The highest BCUT2D eigenvalue weighted by atomic mass is 79.9. The average Bonchev–Trinajstić information content (AvgIpc) is 2.48. The zero-order valence-corrected chi connectivity index (χ0v) is 14.5. The van der Waals surface area contributed by atoms with Crippen LogP contribution in [-0.2, 0) is 11.8 Å². The van der Waals surface area contributed by atoms with Crippen LogP contribution in [0.15, 0.2) is 53.0 Å². The van der Waals surface area contributed by atoms with Crippen LogP contribution in [-0.4, -0.2) is 5.33 Å². The van der Waals surface area contributed by atoms with E-state index in [4.69, 9.17) is 0 Å². The van der Waals surface area contributed by atoms with Crippen LogP contribution >= 0.6 is 31.9 Å². The molecule has 2 aromatic rings. The molecule has 0 spiro atoms. The lowest BCUT2D eigenvalue weighted by Gasteiger charge is -2.32. The molecule has 0 aliphatic heterocycles. The molecule has 3 heteroatoms. The van der Waals surface area contributed by atoms with Gasteiger partial charge in [0.25, 0.3) is 0 Å². The first-order valence-corrected chi connectivity index (χ1v) is 8.58. The number of rotatable bonds is 5. The van der Waals surface area contributed by atoms with Crippen molar-refractivity contribution in [2.24, 2.45) is 0 Å². The number of hydrogen-bond acceptors (Lipinski definition) is 0. The van der Waals surface area contributed by atoms with E-state index in [9.17, 15) is 4.39 Å². The fraction of sp³-hybridized carbons (Fsp3) is 0.294. The Hall–Kier alpha value is -0.670. The smallest absolute Gasteiger partial charge is 0.127 e. The third-order valence-electron chi connectivity index (χ3n) is 3.86. The van der Waals surface area contributed by atoms with Crippen molar-refractivity contribution in [3.8, 4) is 0 Å². The Kier molecular flexibility index (Phi) is 5.39. The minimum atomic E-state index is -0.144. The predicted molar refractivity (Wildman–Crippen MR) is 90.0 cm³/mol. The van der Waals surface area contributed by atoms with Gasteiger partial charge in [-0.05, 0) is 36.1 Å². The van der Waals surface area contributed by atoms with Crippen molar-refractivity contribution in [1.29, 1.82) is 0 Å². The Morgan fingerprint density at radius 2 is 1.80 bits per heavy atom. The van der Waals surface area contributed by atoms with Crippen LogP contribution in [0.3, 0.4) is 0 Å². The zero-order valence-electron chi connectivity index (χ0n) is 11.4. The molecule has 0 amide bonds. The van der Waals surface area contributed by atoms with Gasteiger partial charge in [-0.3, -0.25) is 0 Å². The standard InChI is InChI=1S/C17H17Br2F/c1-2-17(12-18,14-6-4-3-5-7-14)11-13-8-9-15(19)10-16(13)20/h3-10H,2,11-12H2,1H3. The summed E-state index contributed by atoms with van der Waals surface area (Å²) in [6, 6.07) is 15.7. The van der Waals surface area contributed by atoms with E-state index in [0.29, 0.717) is 6.42 Å². The summed E-state index contributed by atoms with van der Waals surface area (Å²) in [6.07, 6.45) is 1.65. The summed E-state index contributed by atoms with van der Waals surface area (Å²) in [6.45, 7) is 2.16. The van der Waals surface area contributed by atoms with E-state index >= 15 is 0 Å². The molecule has 2 aromatic carbocycles. The van der Waals surface area contributed by atoms with Crippen molar-refractivity contribution < 1.29 is 4.39 Å². The van der Waals surface area contributed by atoms with Gasteiger partial charge in [0.15, 0.2) is 0 Å². The summed E-state index contributed by atoms with van der Waals surface area (Å²) in [5.74, 6) is -0.144. The van der Waals surface area contributed by atoms with Crippen molar-refractivity contribution >= 4 is 31.9 Å². The monoisotopic (exact) mass is 398 g/mol. The average molecular weight is 400 g/mol. The molecule has 0 radical (unpaired) electrons. The third kappa shape index (κ3) is 3.32. The highest BCUT2D eigenvalue weighted by molar-refractivity contribution is 9.10. The van der Waals surface area contributed by atoms with Crippen molar-refractivity contribution in [3.05, 3.63) is 69.9 Å². The van der Waals surface area contributed by atoms with Gasteiger partial charge >= 0.3 is 0 Å². The minimum Gasteiger partial charge on any atom is -0.207 e. The lowest BCUT2D eigenvalue weighted by molar-refractivity contribution is 0.452. The molecule has 0 fully saturated rings. The number of benzene rings is 2. The van der Waals surface area contributed by atoms with Crippen molar-refractivity contribution in [1.82, 2.24) is 0 Å². The normalized spacial score (nSPS) is 14.0. The van der Waals surface area contributed by atoms with E-state index in [0.717, 1.165) is 21.8 Å². The first kappa shape index (κ1) is 15.7. The number of alkyl halides is 1. The SMILES string of the molecule is CCC(CBr)(Cc1ccc(Br)cc1F)c1ccccc1. The maximum absolute atomic E-state index is 14.1. The van der Waals surface area contributed by atoms with Crippen LogP contribution in [0.5, 0.6) is 0 Å². The number of hydrogen-bond donors (Lipinski definition) is 0. The van der Waals surface area contributed by atoms with E-state index in [2.05, 4.69) is 50.9 Å². The van der Waals surface area contributed by atoms with Gasteiger partial charge in [0.2, 0.25) is 0 Å². The minimum absolute atomic E-state index is 0.0735. The van der Waals surface area contributed by atoms with Crippen LogP contribution in [0.25, 0.3) is 0 Å². The molecule has 2 rings (SSSR count). The van der Waals surface area contributed by atoms with Crippen molar-refractivity contribution in [3.63, 3.8) is 0 Å². The van der Waals surface area contributed by atoms with Gasteiger partial charge in [0.05, 0.1) is 0 Å². The predicted octanol–water partition coefficient (Wildman–Crippen LogP) is 5.87. The van der Waals surface area contributed by atoms with Gasteiger partial charge < -0.3 is 0 Å². The van der Waals surface area contributed by atoms with Crippen molar-refractivity contribution in [2.45, 2.75) is 25.2 Å². The number of halogens is 3. The summed E-state index contributed by atoms with van der Waals surface area (Å²) in [5, 5.41) is 0.815. The summed E-state index contributed by atoms with van der Waals surface area (Å²) in [7, 11) is 0. The lowest BCUT2D eigenvalue weighted by atomic mass is 9.75. The van der Waals surface area contributed by atoms with E-state index in [-0.39, 0.29) is 11.2 Å². The van der Waals surface area contributed by atoms with Gasteiger partial charge in [-0.1, -0.05) is 75.2 Å². The van der Waals surface area contributed by atoms with Gasteiger partial charge in [-0.15, -0.1) is 0 Å². The topological polar surface area (TPSA) is 0 Å². The molecule has 0 aliphatic rings. The highest BCUT2D eigenvalue weighted by Crippen LogP contribution is 2.35. The first-order valence-electron chi connectivity index (χ1n) is 6.67. The van der Waals surface area contributed by atoms with Crippen LogP contribution in [0.4, 0.5) is 4.39 Å². The van der Waals surface area contributed by atoms with E-state index in [1.165, 1.54) is 11.6 Å². The fourth-order valence-corrected chi connectivity index (χ4v) is 3.72. The third-order valence-corrected chi connectivity index (χ3v) is 5.43. The van der Waals surface area contributed by atoms with Crippen molar-refractivity contribution in [2.75, 3.05) is 5.33 Å². The quantitative estimate of drug-likeness (QED) is 0.551. The molecule has 0 saturated heterocycles. The molecular formula is C17H17Br2F. The molecule has 1 unspecified atom stereocenters. The molecule has 0 heterocycles. The Morgan fingerprint density at radius 1 is 1.10 bits per heavy atom. The van der Waals surface area contributed by atoms with E-state index in [1.54, 1.807) is 0 Å². The van der Waals surface area contributed by atoms with Crippen LogP contribution in [0.1, 0.15) is 24.5 Å². The zero-order chi connectivity index (χ0) is 14.6. The molecule has 0 nitrogen and oxygen atoms in total. The van der Waals surface area contributed by atoms with E-state index < -0.39 is 0 Å². The highest BCUT2D eigenvalue weighted by Gasteiger charge is 2.30. The summed E-state index contributed by atoms with van der Waals surface area (Å²) >= 11 is 6.94. The van der Waals surface area contributed by atoms with Gasteiger partial charge in [-0.2, -0.15) is 0 Å². The fourth-order valence-electron chi connectivity index (χ4n) is 2.47. The maximum Gasteiger partial charge on any atom is 0.127 e. The molecule has 1 atom stereocenters. The summed E-state index contributed by atoms with van der Waals surface area (Å²) in [4.78, 5) is 0. The second kappa shape index (κ2) is 6.86. The molecular weight excluding hydrogens is 383 g/mol. The molecule has 0 N–H and O–H groups in total. The molecule has 106 valence electrons. The van der Waals surface area contributed by atoms with Crippen LogP contribution in [0, 0.1) is 5.82 Å². The molecule has 20 heavy (non-hydrogen) atoms. The molecule has 0 bridgehead atoms. The second-order valence-electron chi connectivity index (χ2n) is 5.05. The largest absolute Gasteiger partial charge is 0.207 e. The molecule has 0 aromatic heterocycles. The molecule has 0 saturated carbocycles. The Balaban J connectivity index is 2.39. The Bertz CT molecular complexity index is 562. The molecule has 0 aliphatic carbocycles.